The van der Waals surface area contributed by atoms with Crippen molar-refractivity contribution in [3.8, 4) is 5.75 Å². The molecule has 3 rings (SSSR count). The summed E-state index contributed by atoms with van der Waals surface area (Å²) in [5.41, 5.74) is 0.445. The number of rotatable bonds is 2. The molecule has 5 heteroatoms. The Kier molecular flexibility index (Phi) is 4.25. The van der Waals surface area contributed by atoms with Crippen LogP contribution in [0.2, 0.25) is 15.1 Å². The van der Waals surface area contributed by atoms with Crippen LogP contribution < -0.4 is 4.74 Å². The van der Waals surface area contributed by atoms with E-state index in [4.69, 9.17) is 39.5 Å². The molecule has 0 N–H and O–H groups in total. The predicted octanol–water partition coefficient (Wildman–Crippen LogP) is 6.02. The average Bonchev–Trinajstić information content (AvgIpc) is 2.50. The summed E-state index contributed by atoms with van der Waals surface area (Å²) < 4.78 is 5.36. The lowest BCUT2D eigenvalue weighted by atomic mass is 10.0. The van der Waals surface area contributed by atoms with Gasteiger partial charge in [-0.2, -0.15) is 0 Å². The minimum absolute atomic E-state index is 0.102. The van der Waals surface area contributed by atoms with Crippen LogP contribution in [0.3, 0.4) is 0 Å². The molecule has 110 valence electrons. The van der Waals surface area contributed by atoms with E-state index < -0.39 is 5.97 Å². The van der Waals surface area contributed by atoms with Gasteiger partial charge in [0, 0.05) is 5.02 Å². The minimum Gasteiger partial charge on any atom is -0.420 e. The summed E-state index contributed by atoms with van der Waals surface area (Å²) >= 11 is 17.9. The van der Waals surface area contributed by atoms with Crippen molar-refractivity contribution < 1.29 is 9.53 Å². The standard InChI is InChI=1S/C17H9Cl3O2/c18-11-8-14(19)16(15(20)9-11)22-17(21)13-7-3-5-10-4-1-2-6-12(10)13/h1-9H. The fraction of sp³-hybridized carbons (Fsp3) is 0. The van der Waals surface area contributed by atoms with Crippen molar-refractivity contribution in [3.05, 3.63) is 75.2 Å². The van der Waals surface area contributed by atoms with Crippen LogP contribution >= 0.6 is 34.8 Å². The van der Waals surface area contributed by atoms with Crippen LogP contribution in [-0.2, 0) is 0 Å². The summed E-state index contributed by atoms with van der Waals surface area (Å²) in [7, 11) is 0. The van der Waals surface area contributed by atoms with Gasteiger partial charge in [-0.05, 0) is 29.0 Å². The number of esters is 1. The van der Waals surface area contributed by atoms with Gasteiger partial charge in [0.2, 0.25) is 0 Å². The third-order valence-corrected chi connectivity index (χ3v) is 3.95. The van der Waals surface area contributed by atoms with E-state index in [2.05, 4.69) is 0 Å². The predicted molar refractivity (Wildman–Crippen MR) is 90.4 cm³/mol. The second-order valence-corrected chi connectivity index (χ2v) is 5.87. The van der Waals surface area contributed by atoms with E-state index in [1.165, 1.54) is 12.1 Å². The first-order chi connectivity index (χ1) is 10.6. The molecule has 0 aliphatic heterocycles. The lowest BCUT2D eigenvalue weighted by molar-refractivity contribution is 0.0737. The quantitative estimate of drug-likeness (QED) is 0.417. The van der Waals surface area contributed by atoms with Crippen LogP contribution in [0, 0.1) is 0 Å². The van der Waals surface area contributed by atoms with Crippen LogP contribution in [-0.4, -0.2) is 5.97 Å². The Balaban J connectivity index is 2.01. The van der Waals surface area contributed by atoms with Gasteiger partial charge in [0.1, 0.15) is 0 Å². The van der Waals surface area contributed by atoms with Crippen LogP contribution in [0.25, 0.3) is 10.8 Å². The zero-order chi connectivity index (χ0) is 15.7. The molecule has 0 heterocycles. The molecule has 22 heavy (non-hydrogen) atoms. The second kappa shape index (κ2) is 6.17. The number of hydrogen-bond acceptors (Lipinski definition) is 2. The van der Waals surface area contributed by atoms with Crippen molar-refractivity contribution in [2.24, 2.45) is 0 Å². The molecule has 0 aliphatic rings. The summed E-state index contributed by atoms with van der Waals surface area (Å²) in [5, 5.41) is 2.50. The Labute approximate surface area is 142 Å². The maximum Gasteiger partial charge on any atom is 0.344 e. The normalized spacial score (nSPS) is 10.7. The maximum atomic E-state index is 12.4. The molecule has 2 nitrogen and oxygen atoms in total. The minimum atomic E-state index is -0.525. The molecule has 0 bridgehead atoms. The summed E-state index contributed by atoms with van der Waals surface area (Å²) in [6.07, 6.45) is 0. The van der Waals surface area contributed by atoms with E-state index in [1.54, 1.807) is 12.1 Å². The fourth-order valence-electron chi connectivity index (χ4n) is 2.18. The zero-order valence-corrected chi connectivity index (χ0v) is 13.4. The molecular formula is C17H9Cl3O2. The van der Waals surface area contributed by atoms with Gasteiger partial charge < -0.3 is 4.74 Å². The Hall–Kier alpha value is -1.74. The number of carbonyl (C=O) groups excluding carboxylic acids is 1. The van der Waals surface area contributed by atoms with Crippen LogP contribution in [0.4, 0.5) is 0 Å². The second-order valence-electron chi connectivity index (χ2n) is 4.61. The molecule has 0 fully saturated rings. The zero-order valence-electron chi connectivity index (χ0n) is 11.1. The van der Waals surface area contributed by atoms with E-state index in [9.17, 15) is 4.79 Å². The number of halogens is 3. The first kappa shape index (κ1) is 15.2. The molecule has 3 aromatic carbocycles. The molecule has 0 aliphatic carbocycles. The van der Waals surface area contributed by atoms with Gasteiger partial charge >= 0.3 is 5.97 Å². The largest absolute Gasteiger partial charge is 0.420 e. The topological polar surface area (TPSA) is 26.3 Å². The van der Waals surface area contributed by atoms with Crippen molar-refractivity contribution in [2.45, 2.75) is 0 Å². The van der Waals surface area contributed by atoms with Crippen molar-refractivity contribution in [1.82, 2.24) is 0 Å². The highest BCUT2D eigenvalue weighted by Crippen LogP contribution is 2.36. The van der Waals surface area contributed by atoms with Gasteiger partial charge in [-0.25, -0.2) is 4.79 Å². The first-order valence-electron chi connectivity index (χ1n) is 6.41. The number of carbonyl (C=O) groups is 1. The Morgan fingerprint density at radius 1 is 0.864 bits per heavy atom. The Bertz CT molecular complexity index is 846. The maximum absolute atomic E-state index is 12.4. The third-order valence-electron chi connectivity index (χ3n) is 3.17. The molecular weight excluding hydrogens is 343 g/mol. The van der Waals surface area contributed by atoms with Gasteiger partial charge in [0.25, 0.3) is 0 Å². The van der Waals surface area contributed by atoms with Crippen molar-refractivity contribution in [2.75, 3.05) is 0 Å². The highest BCUT2D eigenvalue weighted by atomic mass is 35.5. The van der Waals surface area contributed by atoms with Gasteiger partial charge in [-0.15, -0.1) is 0 Å². The Morgan fingerprint density at radius 3 is 2.23 bits per heavy atom. The summed E-state index contributed by atoms with van der Waals surface area (Å²) in [5.74, 6) is -0.423. The highest BCUT2D eigenvalue weighted by Gasteiger charge is 2.17. The van der Waals surface area contributed by atoms with Crippen LogP contribution in [0.5, 0.6) is 5.75 Å². The fourth-order valence-corrected chi connectivity index (χ4v) is 3.07. The molecule has 0 aromatic heterocycles. The van der Waals surface area contributed by atoms with Crippen LogP contribution in [0.1, 0.15) is 10.4 Å². The molecule has 0 saturated carbocycles. The van der Waals surface area contributed by atoms with E-state index in [0.29, 0.717) is 10.6 Å². The lowest BCUT2D eigenvalue weighted by Crippen LogP contribution is -2.09. The first-order valence-corrected chi connectivity index (χ1v) is 7.54. The van der Waals surface area contributed by atoms with Gasteiger partial charge in [-0.3, -0.25) is 0 Å². The van der Waals surface area contributed by atoms with Gasteiger partial charge in [-0.1, -0.05) is 71.2 Å². The van der Waals surface area contributed by atoms with E-state index in [1.807, 2.05) is 30.3 Å². The monoisotopic (exact) mass is 350 g/mol. The third kappa shape index (κ3) is 2.91. The number of ether oxygens (including phenoxy) is 1. The van der Waals surface area contributed by atoms with Gasteiger partial charge in [0.15, 0.2) is 5.75 Å². The van der Waals surface area contributed by atoms with Crippen LogP contribution in [0.15, 0.2) is 54.6 Å². The summed E-state index contributed by atoms with van der Waals surface area (Å²) in [6, 6.07) is 15.9. The van der Waals surface area contributed by atoms with Gasteiger partial charge in [0.05, 0.1) is 15.6 Å². The smallest absolute Gasteiger partial charge is 0.344 e. The Morgan fingerprint density at radius 2 is 1.50 bits per heavy atom. The molecule has 0 unspecified atom stereocenters. The molecule has 3 aromatic rings. The lowest BCUT2D eigenvalue weighted by Gasteiger charge is -2.10. The molecule has 0 atom stereocenters. The number of fused-ring (bicyclic) bond motifs is 1. The van der Waals surface area contributed by atoms with Crippen molar-refractivity contribution >= 4 is 51.5 Å². The van der Waals surface area contributed by atoms with E-state index in [0.717, 1.165) is 10.8 Å². The van der Waals surface area contributed by atoms with E-state index in [-0.39, 0.29) is 15.8 Å². The van der Waals surface area contributed by atoms with E-state index >= 15 is 0 Å². The molecule has 0 radical (unpaired) electrons. The SMILES string of the molecule is O=C(Oc1c(Cl)cc(Cl)cc1Cl)c1cccc2ccccc12. The summed E-state index contributed by atoms with van der Waals surface area (Å²) in [4.78, 5) is 12.4. The number of hydrogen-bond donors (Lipinski definition) is 0. The highest BCUT2D eigenvalue weighted by molar-refractivity contribution is 6.40. The molecule has 0 saturated heterocycles. The molecule has 0 amide bonds. The summed E-state index contributed by atoms with van der Waals surface area (Å²) in [6.45, 7) is 0. The van der Waals surface area contributed by atoms with Crippen molar-refractivity contribution in [1.29, 1.82) is 0 Å². The number of benzene rings is 3. The van der Waals surface area contributed by atoms with Crippen molar-refractivity contribution in [3.63, 3.8) is 0 Å². The molecule has 0 spiro atoms. The average molecular weight is 352 g/mol.